The molecule has 3 aromatic rings. The molecule has 9 heteroatoms. The summed E-state index contributed by atoms with van der Waals surface area (Å²) in [6.07, 6.45) is 2.86. The number of aryl methyl sites for hydroxylation is 1. The fourth-order valence-corrected chi connectivity index (χ4v) is 5.76. The second kappa shape index (κ2) is 9.47. The maximum atomic E-state index is 12.8. The summed E-state index contributed by atoms with van der Waals surface area (Å²) in [6.45, 7) is 8.29. The van der Waals surface area contributed by atoms with Crippen LogP contribution in [0.25, 0.3) is 10.9 Å². The van der Waals surface area contributed by atoms with Gasteiger partial charge in [-0.1, -0.05) is 11.6 Å². The molecule has 8 nitrogen and oxygen atoms in total. The van der Waals surface area contributed by atoms with Gasteiger partial charge in [-0.15, -0.1) is 0 Å². The maximum absolute atomic E-state index is 12.8. The number of carbonyl (C=O) groups is 2. The molecule has 0 radical (unpaired) electrons. The fraction of sp³-hybridized carbons (Fsp3) is 0.385. The molecule has 1 aliphatic heterocycles. The summed E-state index contributed by atoms with van der Waals surface area (Å²) in [6, 6.07) is 12.3. The number of nitrogens with zero attached hydrogens (tertiary/aromatic N) is 1. The Labute approximate surface area is 206 Å². The first-order chi connectivity index (χ1) is 16.4. The highest BCUT2D eigenvalue weighted by Crippen LogP contribution is 2.24. The van der Waals surface area contributed by atoms with Crippen LogP contribution in [0, 0.1) is 12.8 Å². The fourth-order valence-electron chi connectivity index (χ4n) is 4.34. The van der Waals surface area contributed by atoms with E-state index in [9.17, 15) is 18.0 Å². The molecule has 2 aromatic carbocycles. The van der Waals surface area contributed by atoms with Crippen LogP contribution in [-0.4, -0.2) is 48.7 Å². The Morgan fingerprint density at radius 2 is 1.86 bits per heavy atom. The average molecular weight is 497 g/mol. The third-order valence-corrected chi connectivity index (χ3v) is 7.81. The Bertz CT molecular complexity index is 1350. The lowest BCUT2D eigenvalue weighted by atomic mass is 10.1. The van der Waals surface area contributed by atoms with Gasteiger partial charge in [-0.25, -0.2) is 13.1 Å². The maximum Gasteiger partial charge on any atom is 0.241 e. The molecule has 35 heavy (non-hydrogen) atoms. The molecule has 2 amide bonds. The summed E-state index contributed by atoms with van der Waals surface area (Å²) < 4.78 is 27.5. The van der Waals surface area contributed by atoms with E-state index in [1.54, 1.807) is 37.8 Å². The first-order valence-electron chi connectivity index (χ1n) is 11.7. The zero-order valence-electron chi connectivity index (χ0n) is 20.5. The zero-order valence-corrected chi connectivity index (χ0v) is 21.3. The lowest BCUT2D eigenvalue weighted by Gasteiger charge is -2.20. The molecule has 1 fully saturated rings. The molecule has 0 saturated carbocycles. The van der Waals surface area contributed by atoms with Gasteiger partial charge in [0.25, 0.3) is 0 Å². The smallest absolute Gasteiger partial charge is 0.241 e. The van der Waals surface area contributed by atoms with Crippen molar-refractivity contribution in [1.82, 2.24) is 14.6 Å². The van der Waals surface area contributed by atoms with E-state index in [0.29, 0.717) is 25.2 Å². The molecule has 0 aliphatic carbocycles. The van der Waals surface area contributed by atoms with E-state index in [2.05, 4.69) is 40.1 Å². The highest BCUT2D eigenvalue weighted by Gasteiger charge is 2.34. The van der Waals surface area contributed by atoms with Gasteiger partial charge in [-0.3, -0.25) is 9.59 Å². The first-order valence-corrected chi connectivity index (χ1v) is 13.2. The van der Waals surface area contributed by atoms with E-state index in [1.165, 1.54) is 17.7 Å². The van der Waals surface area contributed by atoms with Crippen LogP contribution < -0.4 is 10.0 Å². The third-order valence-electron chi connectivity index (χ3n) is 6.03. The summed E-state index contributed by atoms with van der Waals surface area (Å²) in [4.78, 5) is 30.5. The van der Waals surface area contributed by atoms with E-state index in [4.69, 9.17) is 0 Å². The Hall–Kier alpha value is -3.17. The van der Waals surface area contributed by atoms with Crippen LogP contribution >= 0.6 is 0 Å². The van der Waals surface area contributed by atoms with Gasteiger partial charge >= 0.3 is 0 Å². The van der Waals surface area contributed by atoms with E-state index >= 15 is 0 Å². The Morgan fingerprint density at radius 1 is 1.14 bits per heavy atom. The van der Waals surface area contributed by atoms with Crippen LogP contribution in [0.3, 0.4) is 0 Å². The molecule has 186 valence electrons. The molecule has 1 aromatic heterocycles. The summed E-state index contributed by atoms with van der Waals surface area (Å²) in [7, 11) is -3.65. The number of likely N-dealkylation sites (tertiary alicyclic amines) is 1. The van der Waals surface area contributed by atoms with Gasteiger partial charge in [0.1, 0.15) is 0 Å². The zero-order chi connectivity index (χ0) is 25.4. The largest absolute Gasteiger partial charge is 0.361 e. The summed E-state index contributed by atoms with van der Waals surface area (Å²) in [5.74, 6) is -0.721. The van der Waals surface area contributed by atoms with Crippen LogP contribution in [0.1, 0.15) is 38.3 Å². The number of carbonyl (C=O) groups excluding carboxylic acids is 2. The highest BCUT2D eigenvalue weighted by atomic mass is 32.2. The van der Waals surface area contributed by atoms with Crippen molar-refractivity contribution < 1.29 is 18.0 Å². The van der Waals surface area contributed by atoms with Crippen LogP contribution in [0.4, 0.5) is 5.69 Å². The van der Waals surface area contributed by atoms with Crippen molar-refractivity contribution in [3.8, 4) is 0 Å². The predicted molar refractivity (Wildman–Crippen MR) is 137 cm³/mol. The van der Waals surface area contributed by atoms with Crippen molar-refractivity contribution in [2.75, 3.05) is 18.4 Å². The normalized spacial score (nSPS) is 16.7. The number of H-pyrrole nitrogens is 1. The number of hydrogen-bond acceptors (Lipinski definition) is 4. The molecule has 0 bridgehead atoms. The molecule has 4 rings (SSSR count). The number of aromatic amines is 1. The SMILES string of the molecule is Cc1ccc2[nH]cc(CCN3C[C@@H](C(=O)Nc4ccc(S(=O)(=O)NC(C)(C)C)cc4)CC3=O)c2c1. The van der Waals surface area contributed by atoms with Gasteiger partial charge < -0.3 is 15.2 Å². The number of anilines is 1. The van der Waals surface area contributed by atoms with Crippen LogP contribution in [0.15, 0.2) is 53.6 Å². The quantitative estimate of drug-likeness (QED) is 0.464. The molecular formula is C26H32N4O4S. The van der Waals surface area contributed by atoms with Gasteiger partial charge in [0.2, 0.25) is 21.8 Å². The van der Waals surface area contributed by atoms with Gasteiger partial charge in [-0.05, 0) is 76.1 Å². The summed E-state index contributed by atoms with van der Waals surface area (Å²) in [5, 5.41) is 3.98. The Balaban J connectivity index is 1.34. The number of rotatable bonds is 7. The number of fused-ring (bicyclic) bond motifs is 1. The molecular weight excluding hydrogens is 464 g/mol. The first kappa shape index (κ1) is 24.9. The summed E-state index contributed by atoms with van der Waals surface area (Å²) in [5.41, 5.74) is 3.30. The molecule has 3 N–H and O–H groups in total. The number of benzene rings is 2. The van der Waals surface area contributed by atoms with E-state index in [1.807, 2.05) is 6.20 Å². The van der Waals surface area contributed by atoms with Gasteiger partial charge in [-0.2, -0.15) is 0 Å². The number of sulfonamides is 1. The number of nitrogens with one attached hydrogen (secondary N) is 3. The van der Waals surface area contributed by atoms with E-state index in [0.717, 1.165) is 16.5 Å². The highest BCUT2D eigenvalue weighted by molar-refractivity contribution is 7.89. The second-order valence-electron chi connectivity index (χ2n) is 10.2. The molecule has 1 aliphatic rings. The minimum absolute atomic E-state index is 0.0316. The average Bonchev–Trinajstić information content (AvgIpc) is 3.33. The van der Waals surface area contributed by atoms with Gasteiger partial charge in [0.05, 0.1) is 10.8 Å². The van der Waals surface area contributed by atoms with Crippen molar-refractivity contribution in [1.29, 1.82) is 0 Å². The van der Waals surface area contributed by atoms with Crippen molar-refractivity contribution in [3.63, 3.8) is 0 Å². The Kier molecular flexibility index (Phi) is 6.75. The van der Waals surface area contributed by atoms with Crippen LogP contribution in [-0.2, 0) is 26.0 Å². The minimum atomic E-state index is -3.65. The second-order valence-corrected chi connectivity index (χ2v) is 11.9. The van der Waals surface area contributed by atoms with Crippen molar-refractivity contribution in [3.05, 3.63) is 59.8 Å². The molecule has 2 heterocycles. The van der Waals surface area contributed by atoms with Crippen molar-refractivity contribution in [2.45, 2.75) is 51.0 Å². The summed E-state index contributed by atoms with van der Waals surface area (Å²) >= 11 is 0. The minimum Gasteiger partial charge on any atom is -0.361 e. The topological polar surface area (TPSA) is 111 Å². The molecule has 1 saturated heterocycles. The van der Waals surface area contributed by atoms with Gasteiger partial charge in [0.15, 0.2) is 0 Å². The molecule has 0 spiro atoms. The van der Waals surface area contributed by atoms with E-state index < -0.39 is 21.5 Å². The number of aromatic nitrogens is 1. The lowest BCUT2D eigenvalue weighted by molar-refractivity contribution is -0.128. The van der Waals surface area contributed by atoms with Crippen molar-refractivity contribution in [2.24, 2.45) is 5.92 Å². The third kappa shape index (κ3) is 5.91. The van der Waals surface area contributed by atoms with Crippen LogP contribution in [0.2, 0.25) is 0 Å². The predicted octanol–water partition coefficient (Wildman–Crippen LogP) is 3.58. The standard InChI is InChI=1S/C26H32N4O4S/c1-17-5-10-23-22(13-17)18(15-27-23)11-12-30-16-19(14-24(30)31)25(32)28-20-6-8-21(9-7-20)35(33,34)29-26(2,3)4/h5-10,13,15,19,27,29H,11-12,14,16H2,1-4H3,(H,28,32)/t19-/m0/s1. The van der Waals surface area contributed by atoms with E-state index in [-0.39, 0.29) is 23.1 Å². The number of hydrogen-bond donors (Lipinski definition) is 3. The number of amides is 2. The molecule has 1 atom stereocenters. The lowest BCUT2D eigenvalue weighted by Crippen LogP contribution is -2.40. The van der Waals surface area contributed by atoms with Gasteiger partial charge in [0, 0.05) is 47.8 Å². The monoisotopic (exact) mass is 496 g/mol. The van der Waals surface area contributed by atoms with Crippen molar-refractivity contribution >= 4 is 38.4 Å². The Morgan fingerprint density at radius 3 is 2.54 bits per heavy atom. The molecule has 0 unspecified atom stereocenters. The van der Waals surface area contributed by atoms with Crippen LogP contribution in [0.5, 0.6) is 0 Å².